The topological polar surface area (TPSA) is 103 Å². The van der Waals surface area contributed by atoms with Crippen molar-refractivity contribution < 1.29 is 9.53 Å². The number of rotatable bonds is 5. The first kappa shape index (κ1) is 27.7. The highest BCUT2D eigenvalue weighted by Crippen LogP contribution is 2.29. The Hall–Kier alpha value is -3.82. The first-order valence-electron chi connectivity index (χ1n) is 13.0. The monoisotopic (exact) mass is 580 g/mol. The predicted octanol–water partition coefficient (Wildman–Crippen LogP) is 6.02. The van der Waals surface area contributed by atoms with Crippen LogP contribution in [0.5, 0.6) is 0 Å². The largest absolute Gasteiger partial charge is 0.444 e. The predicted molar refractivity (Wildman–Crippen MR) is 159 cm³/mol. The molecular formula is C29H30Cl2N6O3. The molecule has 0 unspecified atom stereocenters. The maximum absolute atomic E-state index is 12.7. The number of pyridine rings is 1. The Kier molecular flexibility index (Phi) is 7.87. The minimum atomic E-state index is -0.515. The van der Waals surface area contributed by atoms with E-state index in [4.69, 9.17) is 32.9 Å². The van der Waals surface area contributed by atoms with E-state index in [1.807, 2.05) is 45.0 Å². The number of piperazine rings is 1. The molecular weight excluding hydrogens is 551 g/mol. The van der Waals surface area contributed by atoms with Crippen molar-refractivity contribution in [2.45, 2.75) is 32.8 Å². The molecule has 0 saturated carbocycles. The molecule has 5 rings (SSSR count). The Balaban J connectivity index is 1.33. The summed E-state index contributed by atoms with van der Waals surface area (Å²) in [6.45, 7) is 8.18. The number of amides is 1. The van der Waals surface area contributed by atoms with Crippen molar-refractivity contribution in [3.63, 3.8) is 0 Å². The van der Waals surface area contributed by atoms with Crippen LogP contribution in [0.1, 0.15) is 32.0 Å². The molecule has 4 aromatic rings. The number of aromatic nitrogens is 3. The number of carbonyl (C=O) groups excluding carboxylic acids is 1. The van der Waals surface area contributed by atoms with Gasteiger partial charge in [0.15, 0.2) is 0 Å². The van der Waals surface area contributed by atoms with Gasteiger partial charge in [-0.3, -0.25) is 4.79 Å². The number of hydrogen-bond donors (Lipinski definition) is 2. The van der Waals surface area contributed by atoms with Crippen LogP contribution >= 0.6 is 23.2 Å². The van der Waals surface area contributed by atoms with Crippen LogP contribution in [0, 0.1) is 0 Å². The Morgan fingerprint density at radius 3 is 2.38 bits per heavy atom. The number of halogens is 2. The minimum absolute atomic E-state index is 0.282. The number of fused-ring (bicyclic) bond motifs is 1. The lowest BCUT2D eigenvalue weighted by molar-refractivity contribution is 0.0240. The molecule has 2 N–H and O–H groups in total. The molecule has 9 nitrogen and oxygen atoms in total. The fourth-order valence-electron chi connectivity index (χ4n) is 4.57. The van der Waals surface area contributed by atoms with E-state index in [-0.39, 0.29) is 11.7 Å². The molecule has 1 aliphatic heterocycles. The molecule has 2 aromatic heterocycles. The van der Waals surface area contributed by atoms with E-state index in [0.717, 1.165) is 16.9 Å². The van der Waals surface area contributed by atoms with Gasteiger partial charge in [-0.05, 0) is 68.8 Å². The molecule has 1 fully saturated rings. The number of hydrogen-bond acceptors (Lipinski definition) is 7. The molecule has 40 heavy (non-hydrogen) atoms. The second-order valence-corrected chi connectivity index (χ2v) is 11.4. The van der Waals surface area contributed by atoms with Gasteiger partial charge in [0.2, 0.25) is 0 Å². The van der Waals surface area contributed by atoms with Crippen molar-refractivity contribution >= 4 is 57.4 Å². The summed E-state index contributed by atoms with van der Waals surface area (Å²) in [5.74, 6) is 0.392. The average molecular weight is 582 g/mol. The molecule has 2 aromatic carbocycles. The van der Waals surface area contributed by atoms with Crippen LogP contribution in [0.2, 0.25) is 10.0 Å². The number of nitrogens with one attached hydrogen (secondary N) is 2. The number of benzene rings is 2. The van der Waals surface area contributed by atoms with Crippen molar-refractivity contribution in [2.75, 3.05) is 36.4 Å². The van der Waals surface area contributed by atoms with Crippen LogP contribution in [0.25, 0.3) is 10.9 Å². The van der Waals surface area contributed by atoms with E-state index in [1.165, 1.54) is 6.33 Å². The standard InChI is InChI=1S/C29H30Cl2N6O3/c1-29(2,3)40-28(39)37-13-11-36(12-14-37)20-9-7-18(8-10-20)34-26-25-24(32-17-33-27(25)38)16-19(35-26)15-21-22(30)5-4-6-23(21)31/h4-10,16-17H,11-15H2,1-3H3,(H,34,35)(H,32,33,38). The van der Waals surface area contributed by atoms with Gasteiger partial charge in [-0.1, -0.05) is 29.3 Å². The Morgan fingerprint density at radius 2 is 1.73 bits per heavy atom. The van der Waals surface area contributed by atoms with Crippen molar-refractivity contribution in [3.8, 4) is 0 Å². The quantitative estimate of drug-likeness (QED) is 0.297. The van der Waals surface area contributed by atoms with Crippen molar-refractivity contribution in [1.82, 2.24) is 19.9 Å². The van der Waals surface area contributed by atoms with Crippen LogP contribution in [0.15, 0.2) is 59.7 Å². The van der Waals surface area contributed by atoms with Gasteiger partial charge >= 0.3 is 6.09 Å². The van der Waals surface area contributed by atoms with E-state index in [1.54, 1.807) is 29.2 Å². The summed E-state index contributed by atoms with van der Waals surface area (Å²) in [5, 5.41) is 4.75. The van der Waals surface area contributed by atoms with Crippen molar-refractivity contribution in [2.24, 2.45) is 0 Å². The van der Waals surface area contributed by atoms with Gasteiger partial charge in [0.05, 0.1) is 11.8 Å². The minimum Gasteiger partial charge on any atom is -0.444 e. The number of ether oxygens (including phenoxy) is 1. The van der Waals surface area contributed by atoms with Crippen molar-refractivity contribution in [1.29, 1.82) is 0 Å². The number of anilines is 3. The normalized spacial score (nSPS) is 13.9. The van der Waals surface area contributed by atoms with E-state index in [0.29, 0.717) is 65.1 Å². The first-order chi connectivity index (χ1) is 19.1. The van der Waals surface area contributed by atoms with Gasteiger partial charge in [0, 0.05) is 59.7 Å². The molecule has 0 aliphatic carbocycles. The van der Waals surface area contributed by atoms with E-state index >= 15 is 0 Å². The van der Waals surface area contributed by atoms with Crippen LogP contribution in [-0.2, 0) is 11.2 Å². The van der Waals surface area contributed by atoms with Crippen LogP contribution < -0.4 is 15.8 Å². The number of nitrogens with zero attached hydrogens (tertiary/aromatic N) is 4. The number of carbonyl (C=O) groups is 1. The molecule has 3 heterocycles. The second kappa shape index (κ2) is 11.3. The zero-order valence-electron chi connectivity index (χ0n) is 22.5. The lowest BCUT2D eigenvalue weighted by Crippen LogP contribution is -2.50. The van der Waals surface area contributed by atoms with Crippen LogP contribution in [0.3, 0.4) is 0 Å². The summed E-state index contributed by atoms with van der Waals surface area (Å²) in [5.41, 5.74) is 2.93. The summed E-state index contributed by atoms with van der Waals surface area (Å²) in [7, 11) is 0. The van der Waals surface area contributed by atoms with Crippen molar-refractivity contribution in [3.05, 3.63) is 86.5 Å². The zero-order chi connectivity index (χ0) is 28.4. The van der Waals surface area contributed by atoms with Gasteiger partial charge in [-0.2, -0.15) is 0 Å². The fourth-order valence-corrected chi connectivity index (χ4v) is 5.10. The van der Waals surface area contributed by atoms with E-state index in [9.17, 15) is 9.59 Å². The van der Waals surface area contributed by atoms with Gasteiger partial charge in [-0.25, -0.2) is 14.8 Å². The molecule has 0 spiro atoms. The summed E-state index contributed by atoms with van der Waals surface area (Å²) < 4.78 is 5.49. The maximum Gasteiger partial charge on any atom is 0.410 e. The Labute approximate surface area is 242 Å². The van der Waals surface area contributed by atoms with Crippen LogP contribution in [0.4, 0.5) is 22.0 Å². The SMILES string of the molecule is CC(C)(C)OC(=O)N1CCN(c2ccc(Nc3nc(Cc4c(Cl)cccc4Cl)cc4nc[nH]c(=O)c34)cc2)CC1. The molecule has 1 aliphatic rings. The van der Waals surface area contributed by atoms with E-state index in [2.05, 4.69) is 20.2 Å². The van der Waals surface area contributed by atoms with Gasteiger partial charge in [-0.15, -0.1) is 0 Å². The summed E-state index contributed by atoms with van der Waals surface area (Å²) >= 11 is 12.8. The average Bonchev–Trinajstić information content (AvgIpc) is 2.90. The van der Waals surface area contributed by atoms with Gasteiger partial charge in [0.25, 0.3) is 5.56 Å². The first-order valence-corrected chi connectivity index (χ1v) is 13.7. The third kappa shape index (κ3) is 6.32. The maximum atomic E-state index is 12.7. The molecule has 11 heteroatoms. The lowest BCUT2D eigenvalue weighted by atomic mass is 10.1. The fraction of sp³-hybridized carbons (Fsp3) is 0.310. The summed E-state index contributed by atoms with van der Waals surface area (Å²) in [6.07, 6.45) is 1.47. The Morgan fingerprint density at radius 1 is 1.05 bits per heavy atom. The van der Waals surface area contributed by atoms with E-state index < -0.39 is 5.60 Å². The van der Waals surface area contributed by atoms with Crippen LogP contribution in [-0.4, -0.2) is 57.7 Å². The third-order valence-corrected chi connectivity index (χ3v) is 7.23. The Bertz CT molecular complexity index is 1570. The molecule has 1 amide bonds. The third-order valence-electron chi connectivity index (χ3n) is 6.52. The second-order valence-electron chi connectivity index (χ2n) is 10.6. The number of H-pyrrole nitrogens is 1. The molecule has 208 valence electrons. The highest BCUT2D eigenvalue weighted by atomic mass is 35.5. The highest BCUT2D eigenvalue weighted by molar-refractivity contribution is 6.36. The smallest absolute Gasteiger partial charge is 0.410 e. The summed E-state index contributed by atoms with van der Waals surface area (Å²) in [4.78, 5) is 40.8. The molecule has 0 atom stereocenters. The van der Waals surface area contributed by atoms with Gasteiger partial charge < -0.3 is 24.8 Å². The molecule has 0 bridgehead atoms. The highest BCUT2D eigenvalue weighted by Gasteiger charge is 2.26. The summed E-state index contributed by atoms with van der Waals surface area (Å²) in [6, 6.07) is 15.0. The lowest BCUT2D eigenvalue weighted by Gasteiger charge is -2.36. The zero-order valence-corrected chi connectivity index (χ0v) is 24.0. The molecule has 1 saturated heterocycles. The molecule has 0 radical (unpaired) electrons. The van der Waals surface area contributed by atoms with Gasteiger partial charge in [0.1, 0.15) is 16.8 Å². The number of aromatic amines is 1.